The lowest BCUT2D eigenvalue weighted by atomic mass is 10.4. The molecule has 0 saturated carbocycles. The van der Waals surface area contributed by atoms with Crippen LogP contribution >= 0.6 is 0 Å². The van der Waals surface area contributed by atoms with Crippen LogP contribution in [0.2, 0.25) is 0 Å². The molecule has 1 aromatic rings. The summed E-state index contributed by atoms with van der Waals surface area (Å²) in [6.07, 6.45) is 2.22. The molecule has 0 unspecified atom stereocenters. The lowest BCUT2D eigenvalue weighted by molar-refractivity contribution is 0.148. The van der Waals surface area contributed by atoms with E-state index < -0.39 is 10.0 Å². The van der Waals surface area contributed by atoms with Gasteiger partial charge < -0.3 is 10.1 Å². The zero-order chi connectivity index (χ0) is 13.0. The molecule has 0 radical (unpaired) electrons. The maximum Gasteiger partial charge on any atom is 0.243 e. The van der Waals surface area contributed by atoms with Crippen LogP contribution in [0.15, 0.2) is 23.2 Å². The zero-order valence-electron chi connectivity index (χ0n) is 10.3. The minimum atomic E-state index is -3.44. The van der Waals surface area contributed by atoms with Crippen molar-refractivity contribution in [1.82, 2.24) is 9.29 Å². The summed E-state index contributed by atoms with van der Waals surface area (Å²) in [5.74, 6) is 0.544. The van der Waals surface area contributed by atoms with Gasteiger partial charge in [0.25, 0.3) is 0 Å². The van der Waals surface area contributed by atoms with Crippen LogP contribution in [-0.4, -0.2) is 51.1 Å². The Balaban J connectivity index is 2.28. The van der Waals surface area contributed by atoms with E-state index in [9.17, 15) is 8.42 Å². The third-order valence-electron chi connectivity index (χ3n) is 2.81. The van der Waals surface area contributed by atoms with Crippen molar-refractivity contribution in [3.63, 3.8) is 0 Å². The lowest BCUT2D eigenvalue weighted by Crippen LogP contribution is -2.33. The molecule has 2 heterocycles. The van der Waals surface area contributed by atoms with Crippen LogP contribution in [0, 0.1) is 0 Å². The molecule has 0 spiro atoms. The molecule has 7 heteroatoms. The molecule has 1 fully saturated rings. The van der Waals surface area contributed by atoms with Gasteiger partial charge in [-0.15, -0.1) is 0 Å². The van der Waals surface area contributed by atoms with E-state index in [0.29, 0.717) is 32.1 Å². The van der Waals surface area contributed by atoms with Crippen molar-refractivity contribution < 1.29 is 13.2 Å². The van der Waals surface area contributed by atoms with E-state index in [2.05, 4.69) is 10.3 Å². The van der Waals surface area contributed by atoms with E-state index >= 15 is 0 Å². The molecule has 1 aromatic heterocycles. The van der Waals surface area contributed by atoms with Gasteiger partial charge >= 0.3 is 0 Å². The molecule has 1 aliphatic rings. The summed E-state index contributed by atoms with van der Waals surface area (Å²) in [7, 11) is -1.74. The number of hydrogen-bond acceptors (Lipinski definition) is 5. The molecule has 6 nitrogen and oxygen atoms in total. The molecule has 100 valence electrons. The molecule has 2 rings (SSSR count). The highest BCUT2D eigenvalue weighted by molar-refractivity contribution is 7.89. The quantitative estimate of drug-likeness (QED) is 0.868. The Kier molecular flexibility index (Phi) is 4.15. The van der Waals surface area contributed by atoms with Gasteiger partial charge in [-0.1, -0.05) is 0 Å². The SMILES string of the molecule is CNc1cc(S(=O)(=O)N2CCCOCC2)ccn1. The highest BCUT2D eigenvalue weighted by atomic mass is 32.2. The van der Waals surface area contributed by atoms with Crippen LogP contribution in [0.1, 0.15) is 6.42 Å². The number of pyridine rings is 1. The Hall–Kier alpha value is -1.18. The molecule has 0 atom stereocenters. The average Bonchev–Trinajstić information content (AvgIpc) is 2.68. The fraction of sp³-hybridized carbons (Fsp3) is 0.545. The van der Waals surface area contributed by atoms with Crippen molar-refractivity contribution in [2.75, 3.05) is 38.7 Å². The Bertz CT molecular complexity index is 496. The monoisotopic (exact) mass is 271 g/mol. The van der Waals surface area contributed by atoms with Gasteiger partial charge in [-0.3, -0.25) is 0 Å². The molecule has 1 N–H and O–H groups in total. The standard InChI is InChI=1S/C11H17N3O3S/c1-12-11-9-10(3-4-13-11)18(15,16)14-5-2-7-17-8-6-14/h3-4,9H,2,5-8H2,1H3,(H,12,13). The number of aromatic nitrogens is 1. The van der Waals surface area contributed by atoms with E-state index in [1.807, 2.05) is 0 Å². The Morgan fingerprint density at radius 2 is 2.22 bits per heavy atom. The van der Waals surface area contributed by atoms with Crippen molar-refractivity contribution >= 4 is 15.8 Å². The second-order valence-electron chi connectivity index (χ2n) is 4.00. The van der Waals surface area contributed by atoms with E-state index in [-0.39, 0.29) is 4.90 Å². The van der Waals surface area contributed by atoms with Gasteiger partial charge in [0.1, 0.15) is 5.82 Å². The van der Waals surface area contributed by atoms with Crippen molar-refractivity contribution in [1.29, 1.82) is 0 Å². The maximum atomic E-state index is 12.4. The Morgan fingerprint density at radius 3 is 3.00 bits per heavy atom. The molecule has 1 aliphatic heterocycles. The average molecular weight is 271 g/mol. The Morgan fingerprint density at radius 1 is 1.39 bits per heavy atom. The number of hydrogen-bond donors (Lipinski definition) is 1. The highest BCUT2D eigenvalue weighted by Crippen LogP contribution is 2.18. The number of rotatable bonds is 3. The lowest BCUT2D eigenvalue weighted by Gasteiger charge is -2.19. The number of sulfonamides is 1. The topological polar surface area (TPSA) is 71.5 Å². The van der Waals surface area contributed by atoms with Gasteiger partial charge in [-0.2, -0.15) is 4.31 Å². The second kappa shape index (κ2) is 5.64. The smallest absolute Gasteiger partial charge is 0.243 e. The van der Waals surface area contributed by atoms with Crippen molar-refractivity contribution in [3.8, 4) is 0 Å². The van der Waals surface area contributed by atoms with Gasteiger partial charge in [0.05, 0.1) is 11.5 Å². The molecule has 18 heavy (non-hydrogen) atoms. The summed E-state index contributed by atoms with van der Waals surface area (Å²) in [5.41, 5.74) is 0. The highest BCUT2D eigenvalue weighted by Gasteiger charge is 2.25. The number of ether oxygens (including phenoxy) is 1. The summed E-state index contributed by atoms with van der Waals surface area (Å²) < 4.78 is 31.6. The van der Waals surface area contributed by atoms with Crippen LogP contribution < -0.4 is 5.32 Å². The molecule has 0 bridgehead atoms. The first-order chi connectivity index (χ1) is 8.64. The van der Waals surface area contributed by atoms with Gasteiger partial charge in [-0.25, -0.2) is 13.4 Å². The van der Waals surface area contributed by atoms with Crippen LogP contribution in [0.4, 0.5) is 5.82 Å². The number of nitrogens with zero attached hydrogens (tertiary/aromatic N) is 2. The van der Waals surface area contributed by atoms with Crippen molar-refractivity contribution in [3.05, 3.63) is 18.3 Å². The molecular formula is C11H17N3O3S. The minimum absolute atomic E-state index is 0.267. The molecule has 0 amide bonds. The fourth-order valence-corrected chi connectivity index (χ4v) is 3.30. The first kappa shape index (κ1) is 13.3. The van der Waals surface area contributed by atoms with Crippen LogP contribution in [0.5, 0.6) is 0 Å². The van der Waals surface area contributed by atoms with Gasteiger partial charge in [0.15, 0.2) is 0 Å². The minimum Gasteiger partial charge on any atom is -0.380 e. The van der Waals surface area contributed by atoms with Crippen molar-refractivity contribution in [2.45, 2.75) is 11.3 Å². The zero-order valence-corrected chi connectivity index (χ0v) is 11.1. The summed E-state index contributed by atoms with van der Waals surface area (Å²) in [4.78, 5) is 4.28. The van der Waals surface area contributed by atoms with Gasteiger partial charge in [0.2, 0.25) is 10.0 Å². The summed E-state index contributed by atoms with van der Waals surface area (Å²) in [6, 6.07) is 3.06. The third-order valence-corrected chi connectivity index (χ3v) is 4.70. The summed E-state index contributed by atoms with van der Waals surface area (Å²) in [6.45, 7) is 1.96. The number of anilines is 1. The van der Waals surface area contributed by atoms with E-state index in [1.165, 1.54) is 16.6 Å². The fourth-order valence-electron chi connectivity index (χ4n) is 1.82. The van der Waals surface area contributed by atoms with E-state index in [1.54, 1.807) is 13.1 Å². The second-order valence-corrected chi connectivity index (χ2v) is 5.93. The van der Waals surface area contributed by atoms with E-state index in [4.69, 9.17) is 4.74 Å². The molecule has 0 aromatic carbocycles. The van der Waals surface area contributed by atoms with Crippen LogP contribution in [-0.2, 0) is 14.8 Å². The van der Waals surface area contributed by atoms with Crippen LogP contribution in [0.3, 0.4) is 0 Å². The normalized spacial score (nSPS) is 18.3. The summed E-state index contributed by atoms with van der Waals surface area (Å²) >= 11 is 0. The predicted octanol–water partition coefficient (Wildman–Crippen LogP) is 0.534. The van der Waals surface area contributed by atoms with Gasteiger partial charge in [0, 0.05) is 39.0 Å². The molecular weight excluding hydrogens is 254 g/mol. The predicted molar refractivity (Wildman–Crippen MR) is 68.0 cm³/mol. The van der Waals surface area contributed by atoms with Crippen LogP contribution in [0.25, 0.3) is 0 Å². The molecule has 1 saturated heterocycles. The maximum absolute atomic E-state index is 12.4. The Labute approximate surface area is 107 Å². The largest absolute Gasteiger partial charge is 0.380 e. The van der Waals surface area contributed by atoms with E-state index in [0.717, 1.165) is 6.42 Å². The first-order valence-electron chi connectivity index (χ1n) is 5.86. The first-order valence-corrected chi connectivity index (χ1v) is 7.30. The molecule has 0 aliphatic carbocycles. The summed E-state index contributed by atoms with van der Waals surface area (Å²) in [5, 5.41) is 2.84. The van der Waals surface area contributed by atoms with Gasteiger partial charge in [-0.05, 0) is 12.5 Å². The third kappa shape index (κ3) is 2.80. The number of nitrogens with one attached hydrogen (secondary N) is 1. The van der Waals surface area contributed by atoms with Crippen molar-refractivity contribution in [2.24, 2.45) is 0 Å².